The predicted molar refractivity (Wildman–Crippen MR) is 69.7 cm³/mol. The molecule has 0 saturated carbocycles. The van der Waals surface area contributed by atoms with Crippen molar-refractivity contribution in [3.8, 4) is 0 Å². The zero-order valence-corrected chi connectivity index (χ0v) is 11.3. The third kappa shape index (κ3) is 5.07. The molecule has 2 atom stereocenters. The van der Waals surface area contributed by atoms with Crippen LogP contribution in [0.4, 0.5) is 0 Å². The zero-order valence-electron chi connectivity index (χ0n) is 11.3. The van der Waals surface area contributed by atoms with Crippen molar-refractivity contribution in [1.29, 1.82) is 0 Å². The second-order valence-corrected chi connectivity index (χ2v) is 5.19. The first-order valence-corrected chi connectivity index (χ1v) is 7.13. The number of carbonyl (C=O) groups is 1. The summed E-state index contributed by atoms with van der Waals surface area (Å²) in [6.07, 6.45) is 6.48. The number of nitrogens with zero attached hydrogens (tertiary/aromatic N) is 1. The molecule has 0 radical (unpaired) electrons. The summed E-state index contributed by atoms with van der Waals surface area (Å²) in [5.74, 6) is 1.04. The fraction of sp³-hybridized carbons (Fsp3) is 0.929. The molecule has 0 bridgehead atoms. The number of hydrogen-bond acceptors (Lipinski definition) is 2. The predicted octanol–water partition coefficient (Wildman–Crippen LogP) is 2.58. The van der Waals surface area contributed by atoms with E-state index in [1.54, 1.807) is 0 Å². The lowest BCUT2D eigenvalue weighted by molar-refractivity contribution is -0.130. The van der Waals surface area contributed by atoms with Gasteiger partial charge >= 0.3 is 0 Å². The van der Waals surface area contributed by atoms with Gasteiger partial charge in [-0.15, -0.1) is 0 Å². The van der Waals surface area contributed by atoms with Gasteiger partial charge in [-0.2, -0.15) is 0 Å². The van der Waals surface area contributed by atoms with Crippen LogP contribution < -0.4 is 0 Å². The number of likely N-dealkylation sites (tertiary alicyclic amines) is 1. The van der Waals surface area contributed by atoms with Crippen LogP contribution in [0, 0.1) is 5.92 Å². The third-order valence-corrected chi connectivity index (χ3v) is 3.94. The molecular formula is C14H27NO2. The van der Waals surface area contributed by atoms with E-state index in [0.29, 0.717) is 5.91 Å². The first kappa shape index (κ1) is 14.5. The Labute approximate surface area is 105 Å². The van der Waals surface area contributed by atoms with Crippen molar-refractivity contribution in [3.63, 3.8) is 0 Å². The average molecular weight is 241 g/mol. The van der Waals surface area contributed by atoms with Crippen LogP contribution in [0.1, 0.15) is 58.8 Å². The molecule has 0 aromatic heterocycles. The topological polar surface area (TPSA) is 40.5 Å². The number of amides is 1. The molecule has 0 spiro atoms. The summed E-state index contributed by atoms with van der Waals surface area (Å²) in [5, 5.41) is 9.49. The van der Waals surface area contributed by atoms with Gasteiger partial charge in [-0.1, -0.05) is 20.3 Å². The highest BCUT2D eigenvalue weighted by molar-refractivity contribution is 5.76. The van der Waals surface area contributed by atoms with Crippen molar-refractivity contribution in [2.24, 2.45) is 5.92 Å². The highest BCUT2D eigenvalue weighted by Gasteiger charge is 2.21. The van der Waals surface area contributed by atoms with E-state index in [2.05, 4.69) is 6.92 Å². The lowest BCUT2D eigenvalue weighted by atomic mass is 9.98. The SMILES string of the molecule is CCC(O)CCCN1CCC(CC)CCC1=O. The van der Waals surface area contributed by atoms with Crippen molar-refractivity contribution in [2.75, 3.05) is 13.1 Å². The minimum Gasteiger partial charge on any atom is -0.393 e. The van der Waals surface area contributed by atoms with Gasteiger partial charge in [0.1, 0.15) is 0 Å². The molecule has 3 heteroatoms. The zero-order chi connectivity index (χ0) is 12.7. The molecule has 100 valence electrons. The Morgan fingerprint density at radius 1 is 1.41 bits per heavy atom. The van der Waals surface area contributed by atoms with E-state index in [4.69, 9.17) is 0 Å². The van der Waals surface area contributed by atoms with Gasteiger partial charge in [0.25, 0.3) is 0 Å². The molecule has 1 N–H and O–H groups in total. The first-order valence-electron chi connectivity index (χ1n) is 7.13. The Balaban J connectivity index is 2.29. The van der Waals surface area contributed by atoms with Crippen LogP contribution in [0.5, 0.6) is 0 Å². The maximum atomic E-state index is 11.9. The number of rotatable bonds is 6. The molecule has 0 aromatic rings. The maximum Gasteiger partial charge on any atom is 0.222 e. The fourth-order valence-electron chi connectivity index (χ4n) is 2.46. The van der Waals surface area contributed by atoms with Gasteiger partial charge in [-0.3, -0.25) is 4.79 Å². The molecule has 1 aliphatic heterocycles. The number of aliphatic hydroxyl groups is 1. The van der Waals surface area contributed by atoms with E-state index in [1.807, 2.05) is 11.8 Å². The number of aliphatic hydroxyl groups excluding tert-OH is 1. The van der Waals surface area contributed by atoms with Crippen LogP contribution in [-0.2, 0) is 4.79 Å². The van der Waals surface area contributed by atoms with Crippen LogP contribution in [0.15, 0.2) is 0 Å². The minimum atomic E-state index is -0.194. The Hall–Kier alpha value is -0.570. The van der Waals surface area contributed by atoms with Crippen LogP contribution in [0.2, 0.25) is 0 Å². The first-order chi connectivity index (χ1) is 8.17. The molecule has 1 heterocycles. The Kier molecular flexibility index (Phi) is 6.56. The molecule has 1 aliphatic rings. The van der Waals surface area contributed by atoms with Gasteiger partial charge in [0.15, 0.2) is 0 Å². The molecule has 1 fully saturated rings. The smallest absolute Gasteiger partial charge is 0.222 e. The Morgan fingerprint density at radius 2 is 2.18 bits per heavy atom. The lowest BCUT2D eigenvalue weighted by Crippen LogP contribution is -2.31. The summed E-state index contributed by atoms with van der Waals surface area (Å²) in [4.78, 5) is 13.9. The summed E-state index contributed by atoms with van der Waals surface area (Å²) < 4.78 is 0. The summed E-state index contributed by atoms with van der Waals surface area (Å²) in [5.41, 5.74) is 0. The molecule has 0 aromatic carbocycles. The van der Waals surface area contributed by atoms with Gasteiger partial charge in [0.2, 0.25) is 5.91 Å². The van der Waals surface area contributed by atoms with Crippen molar-refractivity contribution in [2.45, 2.75) is 64.9 Å². The van der Waals surface area contributed by atoms with Crippen LogP contribution in [0.3, 0.4) is 0 Å². The monoisotopic (exact) mass is 241 g/mol. The average Bonchev–Trinajstić information content (AvgIpc) is 2.52. The van der Waals surface area contributed by atoms with E-state index >= 15 is 0 Å². The highest BCUT2D eigenvalue weighted by atomic mass is 16.3. The Bertz CT molecular complexity index is 230. The van der Waals surface area contributed by atoms with E-state index < -0.39 is 0 Å². The van der Waals surface area contributed by atoms with Gasteiger partial charge in [0.05, 0.1) is 6.10 Å². The maximum absolute atomic E-state index is 11.9. The van der Waals surface area contributed by atoms with E-state index in [9.17, 15) is 9.90 Å². The minimum absolute atomic E-state index is 0.194. The summed E-state index contributed by atoms with van der Waals surface area (Å²) in [6.45, 7) is 5.95. The van der Waals surface area contributed by atoms with Crippen molar-refractivity contribution < 1.29 is 9.90 Å². The van der Waals surface area contributed by atoms with E-state index in [0.717, 1.165) is 57.5 Å². The van der Waals surface area contributed by atoms with Crippen molar-refractivity contribution in [1.82, 2.24) is 4.90 Å². The Morgan fingerprint density at radius 3 is 2.82 bits per heavy atom. The quantitative estimate of drug-likeness (QED) is 0.776. The summed E-state index contributed by atoms with van der Waals surface area (Å²) in [6, 6.07) is 0. The van der Waals surface area contributed by atoms with Gasteiger partial charge < -0.3 is 10.0 Å². The molecule has 0 aliphatic carbocycles. The normalized spacial score (nSPS) is 23.6. The largest absolute Gasteiger partial charge is 0.393 e. The second-order valence-electron chi connectivity index (χ2n) is 5.19. The molecule has 17 heavy (non-hydrogen) atoms. The molecule has 2 unspecified atom stereocenters. The highest BCUT2D eigenvalue weighted by Crippen LogP contribution is 2.21. The van der Waals surface area contributed by atoms with Crippen molar-refractivity contribution in [3.05, 3.63) is 0 Å². The molecular weight excluding hydrogens is 214 g/mol. The van der Waals surface area contributed by atoms with Gasteiger partial charge in [0, 0.05) is 19.5 Å². The van der Waals surface area contributed by atoms with Crippen LogP contribution >= 0.6 is 0 Å². The van der Waals surface area contributed by atoms with E-state index in [-0.39, 0.29) is 6.10 Å². The standard InChI is InChI=1S/C14H27NO2/c1-3-12-7-8-14(17)15(11-9-12)10-5-6-13(16)4-2/h12-13,16H,3-11H2,1-2H3. The number of hydrogen-bond donors (Lipinski definition) is 1. The molecule has 3 nitrogen and oxygen atoms in total. The summed E-state index contributed by atoms with van der Waals surface area (Å²) in [7, 11) is 0. The molecule has 1 rings (SSSR count). The fourth-order valence-corrected chi connectivity index (χ4v) is 2.46. The van der Waals surface area contributed by atoms with Crippen LogP contribution in [0.25, 0.3) is 0 Å². The number of carbonyl (C=O) groups excluding carboxylic acids is 1. The lowest BCUT2D eigenvalue weighted by Gasteiger charge is -2.21. The van der Waals surface area contributed by atoms with Crippen molar-refractivity contribution >= 4 is 5.91 Å². The molecule has 1 saturated heterocycles. The van der Waals surface area contributed by atoms with Crippen LogP contribution in [-0.4, -0.2) is 35.1 Å². The summed E-state index contributed by atoms with van der Waals surface area (Å²) >= 11 is 0. The molecule has 1 amide bonds. The van der Waals surface area contributed by atoms with E-state index in [1.165, 1.54) is 6.42 Å². The van der Waals surface area contributed by atoms with Gasteiger partial charge in [-0.25, -0.2) is 0 Å². The second kappa shape index (κ2) is 7.70. The third-order valence-electron chi connectivity index (χ3n) is 3.94. The van der Waals surface area contributed by atoms with Gasteiger partial charge in [-0.05, 0) is 38.0 Å².